The van der Waals surface area contributed by atoms with Crippen LogP contribution in [0.3, 0.4) is 0 Å². The highest BCUT2D eigenvalue weighted by Gasteiger charge is 2.36. The van der Waals surface area contributed by atoms with Crippen molar-refractivity contribution in [1.82, 2.24) is 5.32 Å². The van der Waals surface area contributed by atoms with Gasteiger partial charge in [-0.2, -0.15) is 5.26 Å². The summed E-state index contributed by atoms with van der Waals surface area (Å²) >= 11 is 0. The fourth-order valence-corrected chi connectivity index (χ4v) is 4.43. The lowest BCUT2D eigenvalue weighted by molar-refractivity contribution is -1.02. The van der Waals surface area contributed by atoms with Crippen molar-refractivity contribution in [3.63, 3.8) is 0 Å². The predicted octanol–water partition coefficient (Wildman–Crippen LogP) is -1.35. The van der Waals surface area contributed by atoms with Crippen LogP contribution in [0.2, 0.25) is 0 Å². The quantitative estimate of drug-likeness (QED) is 0.597. The first kappa shape index (κ1) is 18.1. The van der Waals surface area contributed by atoms with E-state index < -0.39 is 5.54 Å². The maximum absolute atomic E-state index is 12.4. The van der Waals surface area contributed by atoms with Crippen molar-refractivity contribution in [1.29, 1.82) is 5.26 Å². The first-order chi connectivity index (χ1) is 13.2. The Hall–Kier alpha value is -2.30. The second kappa shape index (κ2) is 7.75. The van der Waals surface area contributed by atoms with Gasteiger partial charge in [0.1, 0.15) is 38.3 Å². The zero-order valence-corrected chi connectivity index (χ0v) is 15.7. The van der Waals surface area contributed by atoms with Crippen molar-refractivity contribution in [2.45, 2.75) is 37.8 Å². The van der Waals surface area contributed by atoms with Crippen LogP contribution in [-0.2, 0) is 11.3 Å². The van der Waals surface area contributed by atoms with Crippen LogP contribution in [0.4, 0.5) is 0 Å². The van der Waals surface area contributed by atoms with Crippen LogP contribution < -0.4 is 24.6 Å². The fraction of sp³-hybridized carbons (Fsp3) is 0.600. The maximum Gasteiger partial charge on any atom is 0.276 e. The van der Waals surface area contributed by atoms with E-state index >= 15 is 0 Å². The number of carbonyl (C=O) groups excluding carboxylic acids is 1. The van der Waals surface area contributed by atoms with Crippen LogP contribution in [-0.4, -0.2) is 51.0 Å². The number of fused-ring (bicyclic) bond motifs is 1. The molecule has 1 saturated heterocycles. The molecule has 1 aliphatic carbocycles. The number of amides is 1. The van der Waals surface area contributed by atoms with Gasteiger partial charge >= 0.3 is 0 Å². The topological polar surface area (TPSA) is 80.2 Å². The van der Waals surface area contributed by atoms with Crippen LogP contribution in [0, 0.1) is 11.3 Å². The molecule has 7 heteroatoms. The largest absolute Gasteiger partial charge is 0.454 e. The zero-order chi connectivity index (χ0) is 18.7. The fourth-order valence-electron chi connectivity index (χ4n) is 4.43. The molecule has 0 atom stereocenters. The molecule has 27 heavy (non-hydrogen) atoms. The van der Waals surface area contributed by atoms with Gasteiger partial charge in [-0.3, -0.25) is 4.79 Å². The average Bonchev–Trinajstić information content (AvgIpc) is 3.32. The van der Waals surface area contributed by atoms with Crippen LogP contribution in [0.5, 0.6) is 11.5 Å². The first-order valence-corrected chi connectivity index (χ1v) is 9.94. The second-order valence-corrected chi connectivity index (χ2v) is 7.99. The van der Waals surface area contributed by atoms with Crippen molar-refractivity contribution in [2.75, 3.05) is 39.5 Å². The molecule has 1 aromatic carbocycles. The Kier molecular flexibility index (Phi) is 5.19. The normalized spacial score (nSPS) is 25.7. The smallest absolute Gasteiger partial charge is 0.276 e. The number of nitrogens with zero attached hydrogens (tertiary/aromatic N) is 1. The molecule has 0 unspecified atom stereocenters. The molecule has 144 valence electrons. The molecule has 0 spiro atoms. The molecule has 0 aromatic heterocycles. The van der Waals surface area contributed by atoms with E-state index in [-0.39, 0.29) is 5.91 Å². The number of ether oxygens (including phenoxy) is 2. The lowest BCUT2D eigenvalue weighted by Crippen LogP contribution is -3.28. The maximum atomic E-state index is 12.4. The van der Waals surface area contributed by atoms with Crippen LogP contribution >= 0.6 is 0 Å². The van der Waals surface area contributed by atoms with Gasteiger partial charge in [0.25, 0.3) is 5.91 Å². The Balaban J connectivity index is 1.23. The monoisotopic (exact) mass is 372 g/mol. The van der Waals surface area contributed by atoms with E-state index in [1.807, 2.05) is 6.07 Å². The molecule has 7 nitrogen and oxygen atoms in total. The van der Waals surface area contributed by atoms with Gasteiger partial charge in [-0.25, -0.2) is 0 Å². The van der Waals surface area contributed by atoms with E-state index in [9.17, 15) is 10.1 Å². The minimum atomic E-state index is -0.608. The van der Waals surface area contributed by atoms with E-state index in [2.05, 4.69) is 23.5 Å². The van der Waals surface area contributed by atoms with Crippen molar-refractivity contribution in [2.24, 2.45) is 0 Å². The van der Waals surface area contributed by atoms with Gasteiger partial charge in [-0.05, 0) is 43.9 Å². The third kappa shape index (κ3) is 4.18. The SMILES string of the molecule is N#CC1(NC(=O)C[NH+]2CC[NH+](Cc3ccc4c(c3)OCO4)CC2)CCCC1. The number of piperazine rings is 1. The van der Waals surface area contributed by atoms with Gasteiger partial charge in [0, 0.05) is 5.56 Å². The van der Waals surface area contributed by atoms with Gasteiger partial charge in [-0.1, -0.05) is 0 Å². The first-order valence-electron chi connectivity index (χ1n) is 9.94. The van der Waals surface area contributed by atoms with Gasteiger partial charge in [0.15, 0.2) is 18.0 Å². The third-order valence-electron chi connectivity index (χ3n) is 6.02. The molecule has 3 N–H and O–H groups in total. The molecule has 2 aliphatic heterocycles. The van der Waals surface area contributed by atoms with E-state index in [4.69, 9.17) is 9.47 Å². The summed E-state index contributed by atoms with van der Waals surface area (Å²) in [5.74, 6) is 1.69. The number of rotatable bonds is 5. The number of nitrogens with one attached hydrogen (secondary N) is 3. The van der Waals surface area contributed by atoms with Crippen LogP contribution in [0.25, 0.3) is 0 Å². The Morgan fingerprint density at radius 1 is 1.11 bits per heavy atom. The summed E-state index contributed by atoms with van der Waals surface area (Å²) in [6.45, 7) is 5.79. The van der Waals surface area contributed by atoms with E-state index in [1.54, 1.807) is 0 Å². The molecule has 3 aliphatic rings. The molecular weight excluding hydrogens is 344 g/mol. The molecule has 1 saturated carbocycles. The minimum Gasteiger partial charge on any atom is -0.454 e. The van der Waals surface area contributed by atoms with E-state index in [0.717, 1.165) is 69.9 Å². The Morgan fingerprint density at radius 3 is 2.56 bits per heavy atom. The van der Waals surface area contributed by atoms with Crippen molar-refractivity contribution in [3.05, 3.63) is 23.8 Å². The van der Waals surface area contributed by atoms with E-state index in [1.165, 1.54) is 15.4 Å². The number of carbonyl (C=O) groups is 1. The summed E-state index contributed by atoms with van der Waals surface area (Å²) in [6, 6.07) is 8.50. The number of benzene rings is 1. The van der Waals surface area contributed by atoms with Gasteiger partial charge in [-0.15, -0.1) is 0 Å². The summed E-state index contributed by atoms with van der Waals surface area (Å²) in [6.07, 6.45) is 3.64. The molecule has 0 radical (unpaired) electrons. The molecule has 4 rings (SSSR count). The summed E-state index contributed by atoms with van der Waals surface area (Å²) in [5.41, 5.74) is 0.649. The van der Waals surface area contributed by atoms with Gasteiger partial charge in [0.2, 0.25) is 6.79 Å². The standard InChI is InChI=1S/C20H26N4O3/c21-14-20(5-1-2-6-20)22-19(25)13-24-9-7-23(8-10-24)12-16-3-4-17-18(11-16)27-15-26-17/h3-4,11H,1-2,5-10,12-13,15H2,(H,22,25)/p+2. The highest BCUT2D eigenvalue weighted by Crippen LogP contribution is 2.32. The molecule has 2 fully saturated rings. The zero-order valence-electron chi connectivity index (χ0n) is 15.7. The lowest BCUT2D eigenvalue weighted by Gasteiger charge is -2.30. The molecule has 1 aromatic rings. The van der Waals surface area contributed by atoms with Crippen LogP contribution in [0.1, 0.15) is 31.2 Å². The highest BCUT2D eigenvalue weighted by atomic mass is 16.7. The Labute approximate surface area is 159 Å². The molecule has 1 amide bonds. The number of nitriles is 1. The Morgan fingerprint density at radius 2 is 1.81 bits per heavy atom. The highest BCUT2D eigenvalue weighted by molar-refractivity contribution is 5.78. The predicted molar refractivity (Wildman–Crippen MR) is 97.5 cm³/mol. The molecule has 0 bridgehead atoms. The van der Waals surface area contributed by atoms with Crippen LogP contribution in [0.15, 0.2) is 18.2 Å². The number of hydrogen-bond acceptors (Lipinski definition) is 4. The van der Waals surface area contributed by atoms with Gasteiger partial charge < -0.3 is 24.6 Å². The Bertz CT molecular complexity index is 731. The van der Waals surface area contributed by atoms with Crippen molar-refractivity contribution < 1.29 is 24.1 Å². The summed E-state index contributed by atoms with van der Waals surface area (Å²) < 4.78 is 10.8. The number of quaternary nitrogens is 2. The number of hydrogen-bond donors (Lipinski definition) is 3. The van der Waals surface area contributed by atoms with Crippen molar-refractivity contribution in [3.8, 4) is 17.6 Å². The third-order valence-corrected chi connectivity index (χ3v) is 6.02. The van der Waals surface area contributed by atoms with Gasteiger partial charge in [0.05, 0.1) is 6.07 Å². The average molecular weight is 372 g/mol. The second-order valence-electron chi connectivity index (χ2n) is 7.99. The summed E-state index contributed by atoms with van der Waals surface area (Å²) in [5, 5.41) is 12.4. The minimum absolute atomic E-state index is 0.0210. The molecule has 2 heterocycles. The van der Waals surface area contributed by atoms with E-state index in [0.29, 0.717) is 13.3 Å². The molecular formula is C20H28N4O3+2. The van der Waals surface area contributed by atoms with Crippen molar-refractivity contribution >= 4 is 5.91 Å². The summed E-state index contributed by atoms with van der Waals surface area (Å²) in [4.78, 5) is 15.2. The lowest BCUT2D eigenvalue weighted by atomic mass is 10.00. The summed E-state index contributed by atoms with van der Waals surface area (Å²) in [7, 11) is 0.